The summed E-state index contributed by atoms with van der Waals surface area (Å²) in [5.74, 6) is 0.929. The van der Waals surface area contributed by atoms with Gasteiger partial charge in [-0.1, -0.05) is 20.8 Å². The molecule has 2 heteroatoms. The van der Waals surface area contributed by atoms with Gasteiger partial charge in [0, 0.05) is 32.2 Å². The molecule has 2 aliphatic rings. The van der Waals surface area contributed by atoms with E-state index in [-0.39, 0.29) is 0 Å². The zero-order chi connectivity index (χ0) is 9.64. The van der Waals surface area contributed by atoms with Crippen LogP contribution in [0.3, 0.4) is 0 Å². The van der Waals surface area contributed by atoms with E-state index < -0.39 is 0 Å². The van der Waals surface area contributed by atoms with Crippen LogP contribution in [0.4, 0.5) is 0 Å². The second-order valence-corrected chi connectivity index (χ2v) is 5.89. The van der Waals surface area contributed by atoms with Gasteiger partial charge in [0.1, 0.15) is 0 Å². The van der Waals surface area contributed by atoms with Crippen molar-refractivity contribution in [2.45, 2.75) is 26.8 Å². The average Bonchev–Trinajstić information content (AvgIpc) is 1.76. The molecule has 0 saturated carbocycles. The van der Waals surface area contributed by atoms with Crippen LogP contribution in [0.2, 0.25) is 0 Å². The minimum absolute atomic E-state index is 0.520. The van der Waals surface area contributed by atoms with Crippen molar-refractivity contribution in [3.8, 4) is 0 Å². The Labute approximate surface area is 81.9 Å². The van der Waals surface area contributed by atoms with Crippen molar-refractivity contribution in [2.75, 3.05) is 33.2 Å². The Kier molecular flexibility index (Phi) is 2.16. The molecular weight excluding hydrogens is 160 g/mol. The Bertz CT molecular complexity index is 183. The minimum Gasteiger partial charge on any atom is -0.303 e. The van der Waals surface area contributed by atoms with E-state index in [0.717, 1.165) is 12.0 Å². The van der Waals surface area contributed by atoms with Gasteiger partial charge in [-0.2, -0.15) is 0 Å². The van der Waals surface area contributed by atoms with E-state index >= 15 is 0 Å². The van der Waals surface area contributed by atoms with Crippen molar-refractivity contribution in [1.82, 2.24) is 9.80 Å². The molecule has 2 nitrogen and oxygen atoms in total. The fourth-order valence-corrected chi connectivity index (χ4v) is 2.26. The van der Waals surface area contributed by atoms with E-state index in [2.05, 4.69) is 37.6 Å². The summed E-state index contributed by atoms with van der Waals surface area (Å²) in [7, 11) is 2.21. The third kappa shape index (κ3) is 1.75. The second-order valence-electron chi connectivity index (χ2n) is 5.89. The molecule has 0 unspecified atom stereocenters. The fourth-order valence-electron chi connectivity index (χ4n) is 2.26. The lowest BCUT2D eigenvalue weighted by atomic mass is 9.75. The Morgan fingerprint density at radius 2 is 1.54 bits per heavy atom. The smallest absolute Gasteiger partial charge is 0.0350 e. The lowest BCUT2D eigenvalue weighted by molar-refractivity contribution is -0.0543. The van der Waals surface area contributed by atoms with Crippen LogP contribution in [0.1, 0.15) is 20.8 Å². The van der Waals surface area contributed by atoms with Crippen molar-refractivity contribution in [3.63, 3.8) is 0 Å². The molecular formula is C11H22N2. The maximum absolute atomic E-state index is 2.65. The zero-order valence-electron chi connectivity index (χ0n) is 9.38. The first kappa shape index (κ1) is 9.47. The molecule has 0 aromatic heterocycles. The quantitative estimate of drug-likeness (QED) is 0.603. The van der Waals surface area contributed by atoms with Gasteiger partial charge in [0.2, 0.25) is 0 Å². The van der Waals surface area contributed by atoms with Crippen LogP contribution in [-0.2, 0) is 0 Å². The summed E-state index contributed by atoms with van der Waals surface area (Å²) in [6.07, 6.45) is 0. The van der Waals surface area contributed by atoms with Crippen molar-refractivity contribution >= 4 is 0 Å². The summed E-state index contributed by atoms with van der Waals surface area (Å²) < 4.78 is 0. The van der Waals surface area contributed by atoms with Gasteiger partial charge in [0.05, 0.1) is 0 Å². The van der Waals surface area contributed by atoms with E-state index in [1.54, 1.807) is 0 Å². The molecule has 0 radical (unpaired) electrons. The zero-order valence-corrected chi connectivity index (χ0v) is 9.38. The molecule has 2 aliphatic heterocycles. The summed E-state index contributed by atoms with van der Waals surface area (Å²) in [4.78, 5) is 5.05. The summed E-state index contributed by atoms with van der Waals surface area (Å²) in [5, 5.41) is 0. The largest absolute Gasteiger partial charge is 0.303 e. The Morgan fingerprint density at radius 1 is 1.00 bits per heavy atom. The Hall–Kier alpha value is -0.0800. The fraction of sp³-hybridized carbons (Fsp3) is 1.00. The SMILES string of the molecule is CN1CC(N2CC(C(C)(C)C)C2)C1. The molecule has 0 N–H and O–H groups in total. The van der Waals surface area contributed by atoms with Gasteiger partial charge in [-0.25, -0.2) is 0 Å². The van der Waals surface area contributed by atoms with Crippen LogP contribution in [0.5, 0.6) is 0 Å². The second kappa shape index (κ2) is 2.96. The highest BCUT2D eigenvalue weighted by Gasteiger charge is 2.41. The molecule has 0 bridgehead atoms. The van der Waals surface area contributed by atoms with Crippen molar-refractivity contribution in [2.24, 2.45) is 11.3 Å². The predicted molar refractivity (Wildman–Crippen MR) is 55.8 cm³/mol. The number of hydrogen-bond acceptors (Lipinski definition) is 2. The molecule has 2 heterocycles. The third-order valence-corrected chi connectivity index (χ3v) is 3.70. The van der Waals surface area contributed by atoms with Gasteiger partial charge in [0.25, 0.3) is 0 Å². The molecule has 2 fully saturated rings. The van der Waals surface area contributed by atoms with Crippen LogP contribution in [0, 0.1) is 11.3 Å². The molecule has 0 atom stereocenters. The monoisotopic (exact) mass is 182 g/mol. The first-order valence-electron chi connectivity index (χ1n) is 5.39. The first-order valence-corrected chi connectivity index (χ1v) is 5.39. The normalized spacial score (nSPS) is 28.6. The highest BCUT2D eigenvalue weighted by molar-refractivity contribution is 4.96. The van der Waals surface area contributed by atoms with Gasteiger partial charge in [-0.05, 0) is 18.4 Å². The van der Waals surface area contributed by atoms with E-state index in [4.69, 9.17) is 0 Å². The molecule has 76 valence electrons. The van der Waals surface area contributed by atoms with Gasteiger partial charge in [-0.15, -0.1) is 0 Å². The van der Waals surface area contributed by atoms with Gasteiger partial charge >= 0.3 is 0 Å². The molecule has 13 heavy (non-hydrogen) atoms. The number of hydrogen-bond donors (Lipinski definition) is 0. The molecule has 0 aromatic rings. The average molecular weight is 182 g/mol. The van der Waals surface area contributed by atoms with Crippen LogP contribution in [0.25, 0.3) is 0 Å². The summed E-state index contributed by atoms with van der Waals surface area (Å²) >= 11 is 0. The van der Waals surface area contributed by atoms with E-state index in [1.807, 2.05) is 0 Å². The van der Waals surface area contributed by atoms with Gasteiger partial charge in [0.15, 0.2) is 0 Å². The highest BCUT2D eigenvalue weighted by Crippen LogP contribution is 2.35. The maximum atomic E-state index is 2.65. The lowest BCUT2D eigenvalue weighted by Crippen LogP contribution is -2.65. The standard InChI is InChI=1S/C11H22N2/c1-11(2,3)9-5-13(6-9)10-7-12(4)8-10/h9-10H,5-8H2,1-4H3. The summed E-state index contributed by atoms with van der Waals surface area (Å²) in [6.45, 7) is 12.3. The molecule has 0 aliphatic carbocycles. The predicted octanol–water partition coefficient (Wildman–Crippen LogP) is 1.28. The van der Waals surface area contributed by atoms with Crippen molar-refractivity contribution in [3.05, 3.63) is 0 Å². The molecule has 0 spiro atoms. The lowest BCUT2D eigenvalue weighted by Gasteiger charge is -2.54. The van der Waals surface area contributed by atoms with Crippen molar-refractivity contribution < 1.29 is 0 Å². The van der Waals surface area contributed by atoms with Crippen LogP contribution < -0.4 is 0 Å². The topological polar surface area (TPSA) is 6.48 Å². The minimum atomic E-state index is 0.520. The maximum Gasteiger partial charge on any atom is 0.0350 e. The number of likely N-dealkylation sites (tertiary alicyclic amines) is 2. The first-order chi connectivity index (χ1) is 5.97. The number of likely N-dealkylation sites (N-methyl/N-ethyl adjacent to an activating group) is 1. The Morgan fingerprint density at radius 3 is 1.92 bits per heavy atom. The Balaban J connectivity index is 1.73. The van der Waals surface area contributed by atoms with Crippen molar-refractivity contribution in [1.29, 1.82) is 0 Å². The van der Waals surface area contributed by atoms with Gasteiger partial charge < -0.3 is 4.90 Å². The summed E-state index contributed by atoms with van der Waals surface area (Å²) in [6, 6.07) is 0.878. The van der Waals surface area contributed by atoms with E-state index in [0.29, 0.717) is 5.41 Å². The summed E-state index contributed by atoms with van der Waals surface area (Å²) in [5.41, 5.74) is 0.520. The van der Waals surface area contributed by atoms with E-state index in [1.165, 1.54) is 26.2 Å². The molecule has 0 aromatic carbocycles. The van der Waals surface area contributed by atoms with Crippen LogP contribution in [0.15, 0.2) is 0 Å². The van der Waals surface area contributed by atoms with E-state index in [9.17, 15) is 0 Å². The van der Waals surface area contributed by atoms with Gasteiger partial charge in [-0.3, -0.25) is 4.90 Å². The third-order valence-electron chi connectivity index (χ3n) is 3.70. The number of nitrogens with zero attached hydrogens (tertiary/aromatic N) is 2. The molecule has 2 rings (SSSR count). The highest BCUT2D eigenvalue weighted by atomic mass is 15.3. The molecule has 2 saturated heterocycles. The van der Waals surface area contributed by atoms with Crippen LogP contribution in [-0.4, -0.2) is 49.1 Å². The number of rotatable bonds is 1. The van der Waals surface area contributed by atoms with Crippen LogP contribution >= 0.6 is 0 Å². The molecule has 0 amide bonds.